The summed E-state index contributed by atoms with van der Waals surface area (Å²) < 4.78 is 26.7. The van der Waals surface area contributed by atoms with Gasteiger partial charge in [0.1, 0.15) is 5.60 Å². The van der Waals surface area contributed by atoms with Crippen LogP contribution in [0.25, 0.3) is 0 Å². The number of fused-ring (bicyclic) bond motifs is 2. The SMILES string of the molecule is C=Nc1cc2c(c(F)c1N(C)CCN)CC(CN1CCC3(CC1)CN(c1cnc4c(n1)NC(=O)CO4)C(=O)O3)C2. The summed E-state index contributed by atoms with van der Waals surface area (Å²) >= 11 is 0. The summed E-state index contributed by atoms with van der Waals surface area (Å²) in [6, 6.07) is 1.96. The molecule has 1 aliphatic carbocycles. The molecule has 4 heterocycles. The molecular weight excluding hydrogens is 519 g/mol. The molecular formula is C27H33FN8O4. The Balaban J connectivity index is 1.08. The number of likely N-dealkylation sites (tertiary alicyclic amines) is 1. The van der Waals surface area contributed by atoms with E-state index in [1.165, 1.54) is 11.1 Å². The molecule has 0 radical (unpaired) electrons. The van der Waals surface area contributed by atoms with Crippen LogP contribution in [0.5, 0.6) is 5.88 Å². The quantitative estimate of drug-likeness (QED) is 0.493. The van der Waals surface area contributed by atoms with Gasteiger partial charge in [-0.05, 0) is 42.7 Å². The Morgan fingerprint density at radius 3 is 2.88 bits per heavy atom. The molecule has 0 bridgehead atoms. The molecule has 12 nitrogen and oxygen atoms in total. The summed E-state index contributed by atoms with van der Waals surface area (Å²) in [5, 5.41) is 2.62. The van der Waals surface area contributed by atoms with Gasteiger partial charge in [-0.1, -0.05) is 0 Å². The highest BCUT2D eigenvalue weighted by Gasteiger charge is 2.48. The van der Waals surface area contributed by atoms with E-state index in [9.17, 15) is 9.59 Å². The number of ether oxygens (including phenoxy) is 2. The molecule has 1 aromatic carbocycles. The summed E-state index contributed by atoms with van der Waals surface area (Å²) in [5.41, 5.74) is 7.86. The Labute approximate surface area is 231 Å². The van der Waals surface area contributed by atoms with E-state index < -0.39 is 11.7 Å². The van der Waals surface area contributed by atoms with E-state index in [0.717, 1.165) is 37.2 Å². The maximum atomic E-state index is 15.6. The zero-order chi connectivity index (χ0) is 28.0. The van der Waals surface area contributed by atoms with Gasteiger partial charge in [0.05, 0.1) is 24.1 Å². The van der Waals surface area contributed by atoms with Crippen LogP contribution < -0.4 is 25.6 Å². The zero-order valence-electron chi connectivity index (χ0n) is 22.5. The van der Waals surface area contributed by atoms with Crippen LogP contribution in [0.2, 0.25) is 0 Å². The largest absolute Gasteiger partial charge is 0.465 e. The molecule has 212 valence electrons. The maximum Gasteiger partial charge on any atom is 0.416 e. The average Bonchev–Trinajstić information content (AvgIpc) is 3.49. The highest BCUT2D eigenvalue weighted by molar-refractivity contribution is 5.94. The lowest BCUT2D eigenvalue weighted by Crippen LogP contribution is -2.48. The van der Waals surface area contributed by atoms with Crippen molar-refractivity contribution in [1.29, 1.82) is 0 Å². The molecule has 3 aliphatic heterocycles. The van der Waals surface area contributed by atoms with Gasteiger partial charge in [0.25, 0.3) is 11.8 Å². The predicted molar refractivity (Wildman–Crippen MR) is 147 cm³/mol. The van der Waals surface area contributed by atoms with E-state index in [1.807, 2.05) is 18.0 Å². The molecule has 2 saturated heterocycles. The summed E-state index contributed by atoms with van der Waals surface area (Å²) in [7, 11) is 1.82. The predicted octanol–water partition coefficient (Wildman–Crippen LogP) is 1.88. The normalized spacial score (nSPS) is 21.5. The lowest BCUT2D eigenvalue weighted by atomic mass is 9.90. The van der Waals surface area contributed by atoms with Gasteiger partial charge in [0.15, 0.2) is 24.1 Å². The van der Waals surface area contributed by atoms with Gasteiger partial charge in [-0.15, -0.1) is 0 Å². The van der Waals surface area contributed by atoms with Gasteiger partial charge < -0.3 is 30.3 Å². The highest BCUT2D eigenvalue weighted by atomic mass is 19.1. The Hall–Kier alpha value is -3.84. The van der Waals surface area contributed by atoms with Crippen LogP contribution in [0.1, 0.15) is 24.0 Å². The first-order chi connectivity index (χ1) is 19.3. The van der Waals surface area contributed by atoms with Crippen molar-refractivity contribution in [3.8, 4) is 5.88 Å². The Morgan fingerprint density at radius 1 is 1.32 bits per heavy atom. The molecule has 1 aromatic heterocycles. The third-order valence-electron chi connectivity index (χ3n) is 8.29. The number of amides is 2. The fourth-order valence-corrected chi connectivity index (χ4v) is 6.27. The summed E-state index contributed by atoms with van der Waals surface area (Å²) in [4.78, 5) is 42.8. The number of halogens is 1. The fraction of sp³-hybridized carbons (Fsp3) is 0.519. The van der Waals surface area contributed by atoms with Gasteiger partial charge in [-0.2, -0.15) is 0 Å². The fourth-order valence-electron chi connectivity index (χ4n) is 6.27. The number of piperidine rings is 1. The molecule has 4 aliphatic rings. The summed E-state index contributed by atoms with van der Waals surface area (Å²) in [6.45, 7) is 7.21. The van der Waals surface area contributed by atoms with Crippen molar-refractivity contribution < 1.29 is 23.5 Å². The molecule has 1 atom stereocenters. The first-order valence-electron chi connectivity index (χ1n) is 13.5. The van der Waals surface area contributed by atoms with Crippen LogP contribution in [-0.2, 0) is 22.4 Å². The Kier molecular flexibility index (Phi) is 6.78. The number of aromatic nitrogens is 2. The molecule has 2 fully saturated rings. The number of nitrogens with one attached hydrogen (secondary N) is 1. The number of rotatable bonds is 7. The van der Waals surface area contributed by atoms with E-state index >= 15 is 4.39 Å². The van der Waals surface area contributed by atoms with Crippen molar-refractivity contribution in [3.05, 3.63) is 29.2 Å². The minimum atomic E-state index is -0.608. The Bertz CT molecular complexity index is 1360. The van der Waals surface area contributed by atoms with Crippen LogP contribution in [0, 0.1) is 11.7 Å². The average molecular weight is 553 g/mol. The number of carbonyl (C=O) groups excluding carboxylic acids is 2. The van der Waals surface area contributed by atoms with Crippen molar-refractivity contribution in [2.24, 2.45) is 16.6 Å². The summed E-state index contributed by atoms with van der Waals surface area (Å²) in [6.07, 6.45) is 3.80. The monoisotopic (exact) mass is 552 g/mol. The van der Waals surface area contributed by atoms with Gasteiger partial charge in [0.2, 0.25) is 0 Å². The Morgan fingerprint density at radius 2 is 2.12 bits per heavy atom. The lowest BCUT2D eigenvalue weighted by molar-refractivity contribution is -0.118. The third kappa shape index (κ3) is 4.73. The van der Waals surface area contributed by atoms with Gasteiger partial charge in [0, 0.05) is 52.6 Å². The topological polar surface area (TPSA) is 139 Å². The number of nitrogens with two attached hydrogens (primary N) is 1. The van der Waals surface area contributed by atoms with E-state index in [1.54, 1.807) is 0 Å². The number of aliphatic imine (C=N–C) groups is 1. The van der Waals surface area contributed by atoms with Crippen LogP contribution in [0.4, 0.5) is 32.2 Å². The number of carbonyl (C=O) groups is 2. The van der Waals surface area contributed by atoms with E-state index in [4.69, 9.17) is 15.2 Å². The maximum absolute atomic E-state index is 15.6. The van der Waals surface area contributed by atoms with Crippen LogP contribution in [0.15, 0.2) is 17.3 Å². The third-order valence-corrected chi connectivity index (χ3v) is 8.29. The van der Waals surface area contributed by atoms with Crippen molar-refractivity contribution >= 4 is 41.7 Å². The molecule has 40 heavy (non-hydrogen) atoms. The van der Waals surface area contributed by atoms with Crippen molar-refractivity contribution in [1.82, 2.24) is 14.9 Å². The minimum Gasteiger partial charge on any atom is -0.465 e. The molecule has 6 rings (SSSR count). The molecule has 2 amide bonds. The number of hydrogen-bond donors (Lipinski definition) is 2. The standard InChI is InChI=1S/C27H33FN8O4/c1-30-19-11-17-9-16(10-18(17)22(28)23(19)34(2)8-5-29)13-35-6-3-27(4-7-35)15-36(26(38)40-27)20-12-31-25-24(32-20)33-21(37)14-39-25/h11-12,16H,1,3-10,13-15,29H2,2H3,(H,32,33,37). The molecule has 13 heteroatoms. The number of likely N-dealkylation sites (N-methyl/N-ethyl adjacent to an activating group) is 1. The van der Waals surface area contributed by atoms with Crippen LogP contribution >= 0.6 is 0 Å². The van der Waals surface area contributed by atoms with Crippen LogP contribution in [-0.4, -0.2) is 92.1 Å². The zero-order valence-corrected chi connectivity index (χ0v) is 22.5. The molecule has 0 saturated carbocycles. The van der Waals surface area contributed by atoms with Crippen molar-refractivity contribution in [2.45, 2.75) is 31.3 Å². The number of anilines is 3. The van der Waals surface area contributed by atoms with Crippen molar-refractivity contribution in [3.63, 3.8) is 0 Å². The highest BCUT2D eigenvalue weighted by Crippen LogP contribution is 2.41. The molecule has 1 spiro atoms. The smallest absolute Gasteiger partial charge is 0.416 e. The second-order valence-corrected chi connectivity index (χ2v) is 11.0. The molecule has 1 unspecified atom stereocenters. The van der Waals surface area contributed by atoms with Gasteiger partial charge in [-0.25, -0.2) is 19.2 Å². The van der Waals surface area contributed by atoms with Crippen LogP contribution in [0.3, 0.4) is 0 Å². The first-order valence-corrected chi connectivity index (χ1v) is 13.5. The van der Waals surface area contributed by atoms with Gasteiger partial charge >= 0.3 is 6.09 Å². The van der Waals surface area contributed by atoms with E-state index in [0.29, 0.717) is 56.1 Å². The minimum absolute atomic E-state index is 0.117. The first kappa shape index (κ1) is 26.4. The summed E-state index contributed by atoms with van der Waals surface area (Å²) in [5.74, 6) is 0.480. The number of benzene rings is 1. The lowest BCUT2D eigenvalue weighted by Gasteiger charge is -2.38. The van der Waals surface area contributed by atoms with E-state index in [-0.39, 0.29) is 35.9 Å². The second kappa shape index (κ2) is 10.3. The van der Waals surface area contributed by atoms with E-state index in [2.05, 4.69) is 31.9 Å². The molecule has 3 N–H and O–H groups in total. The second-order valence-electron chi connectivity index (χ2n) is 11.0. The van der Waals surface area contributed by atoms with Gasteiger partial charge in [-0.3, -0.25) is 14.7 Å². The number of nitrogens with zero attached hydrogens (tertiary/aromatic N) is 6. The number of hydrogen-bond acceptors (Lipinski definition) is 10. The van der Waals surface area contributed by atoms with Crippen molar-refractivity contribution in [2.75, 3.05) is 68.0 Å². The molecule has 2 aromatic rings.